The van der Waals surface area contributed by atoms with Crippen molar-refractivity contribution in [3.05, 3.63) is 41.0 Å². The van der Waals surface area contributed by atoms with Gasteiger partial charge in [-0.3, -0.25) is 4.79 Å². The van der Waals surface area contributed by atoms with Crippen molar-refractivity contribution in [1.29, 1.82) is 0 Å². The minimum atomic E-state index is -1.09. The number of nitrogens with zero attached hydrogens (tertiary/aromatic N) is 2. The lowest BCUT2D eigenvalue weighted by Crippen LogP contribution is -2.47. The first kappa shape index (κ1) is 22.1. The van der Waals surface area contributed by atoms with Crippen LogP contribution in [0.4, 0.5) is 4.79 Å². The van der Waals surface area contributed by atoms with E-state index in [1.807, 2.05) is 30.3 Å². The van der Waals surface area contributed by atoms with E-state index in [-0.39, 0.29) is 24.3 Å². The normalized spacial score (nSPS) is 16.2. The number of hydrogen-bond donors (Lipinski definition) is 3. The predicted molar refractivity (Wildman–Crippen MR) is 113 cm³/mol. The van der Waals surface area contributed by atoms with E-state index in [9.17, 15) is 9.59 Å². The quantitative estimate of drug-likeness (QED) is 0.589. The van der Waals surface area contributed by atoms with E-state index in [4.69, 9.17) is 21.2 Å². The van der Waals surface area contributed by atoms with Crippen molar-refractivity contribution in [2.75, 3.05) is 26.7 Å². The lowest BCUT2D eigenvalue weighted by Gasteiger charge is -2.35. The zero-order chi connectivity index (χ0) is 21.5. The van der Waals surface area contributed by atoms with Crippen LogP contribution >= 0.6 is 11.6 Å². The van der Waals surface area contributed by atoms with E-state index < -0.39 is 6.09 Å². The van der Waals surface area contributed by atoms with Gasteiger partial charge in [-0.15, -0.1) is 0 Å². The van der Waals surface area contributed by atoms with Crippen LogP contribution in [-0.4, -0.2) is 59.9 Å². The number of rotatable bonds is 8. The van der Waals surface area contributed by atoms with Crippen molar-refractivity contribution in [2.24, 2.45) is 5.92 Å². The number of carboxylic acid groups (broad SMARTS) is 1. The van der Waals surface area contributed by atoms with E-state index in [1.54, 1.807) is 7.05 Å². The Morgan fingerprint density at radius 2 is 2.00 bits per heavy atom. The topological polar surface area (TPSA) is 108 Å². The van der Waals surface area contributed by atoms with Crippen LogP contribution in [0.1, 0.15) is 25.0 Å². The molecule has 8 nitrogen and oxygen atoms in total. The van der Waals surface area contributed by atoms with E-state index in [0.29, 0.717) is 5.02 Å². The average molecular weight is 435 g/mol. The Balaban J connectivity index is 1.48. The van der Waals surface area contributed by atoms with Gasteiger partial charge in [0.05, 0.1) is 5.69 Å². The van der Waals surface area contributed by atoms with Gasteiger partial charge in [-0.2, -0.15) is 0 Å². The summed E-state index contributed by atoms with van der Waals surface area (Å²) in [6, 6.07) is 9.03. The van der Waals surface area contributed by atoms with Crippen molar-refractivity contribution >= 4 is 23.6 Å². The van der Waals surface area contributed by atoms with Crippen LogP contribution in [0.2, 0.25) is 5.02 Å². The van der Waals surface area contributed by atoms with Gasteiger partial charge in [0.15, 0.2) is 5.76 Å². The maximum atomic E-state index is 11.7. The summed E-state index contributed by atoms with van der Waals surface area (Å²) in [6.45, 7) is 2.57. The van der Waals surface area contributed by atoms with Crippen LogP contribution in [-0.2, 0) is 11.2 Å². The molecule has 0 aliphatic carbocycles. The molecule has 3 rings (SSSR count). The van der Waals surface area contributed by atoms with Crippen molar-refractivity contribution in [3.63, 3.8) is 0 Å². The van der Waals surface area contributed by atoms with Crippen LogP contribution in [0.5, 0.6) is 0 Å². The molecule has 1 fully saturated rings. The second-order valence-corrected chi connectivity index (χ2v) is 7.99. The van der Waals surface area contributed by atoms with Gasteiger partial charge in [-0.25, -0.2) is 4.79 Å². The van der Waals surface area contributed by atoms with Crippen LogP contribution < -0.4 is 10.6 Å². The summed E-state index contributed by atoms with van der Waals surface area (Å²) in [4.78, 5) is 25.1. The standard InChI is InChI=1S/C21H27ClN4O4/c1-23-20(27)13-18(24-21(28)29)14-6-9-26(10-7-14)11-8-17-12-19(30-25-17)15-2-4-16(22)5-3-15/h2-5,12,14,18,24H,6-11,13H2,1H3,(H,23,27)(H,28,29). The molecule has 1 atom stereocenters. The number of benzene rings is 1. The molecule has 2 aromatic rings. The molecular weight excluding hydrogens is 408 g/mol. The molecule has 1 aliphatic heterocycles. The van der Waals surface area contributed by atoms with Crippen LogP contribution in [0.3, 0.4) is 0 Å². The second kappa shape index (κ2) is 10.4. The highest BCUT2D eigenvalue weighted by atomic mass is 35.5. The minimum absolute atomic E-state index is 0.151. The van der Waals surface area contributed by atoms with Crippen LogP contribution in [0, 0.1) is 5.92 Å². The minimum Gasteiger partial charge on any atom is -0.465 e. The molecule has 1 saturated heterocycles. The number of hydrogen-bond acceptors (Lipinski definition) is 5. The molecule has 2 amide bonds. The van der Waals surface area contributed by atoms with Crippen molar-refractivity contribution in [1.82, 2.24) is 20.7 Å². The number of piperidine rings is 1. The van der Waals surface area contributed by atoms with Gasteiger partial charge in [0.25, 0.3) is 0 Å². The summed E-state index contributed by atoms with van der Waals surface area (Å²) < 4.78 is 5.45. The maximum absolute atomic E-state index is 11.7. The molecule has 1 aromatic heterocycles. The van der Waals surface area contributed by atoms with Gasteiger partial charge in [-0.1, -0.05) is 16.8 Å². The Morgan fingerprint density at radius 3 is 2.63 bits per heavy atom. The first-order valence-corrected chi connectivity index (χ1v) is 10.5. The molecule has 1 aliphatic rings. The maximum Gasteiger partial charge on any atom is 0.404 e. The fourth-order valence-electron chi connectivity index (χ4n) is 3.83. The summed E-state index contributed by atoms with van der Waals surface area (Å²) in [6.07, 6.45) is 1.54. The molecule has 9 heteroatoms. The highest BCUT2D eigenvalue weighted by Crippen LogP contribution is 2.24. The first-order valence-electron chi connectivity index (χ1n) is 10.1. The number of likely N-dealkylation sites (tertiary alicyclic amines) is 1. The number of carbonyl (C=O) groups excluding carboxylic acids is 1. The van der Waals surface area contributed by atoms with Gasteiger partial charge in [0, 0.05) is 49.1 Å². The fraction of sp³-hybridized carbons (Fsp3) is 0.476. The molecule has 3 N–H and O–H groups in total. The van der Waals surface area contributed by atoms with E-state index in [2.05, 4.69) is 20.7 Å². The monoisotopic (exact) mass is 434 g/mol. The van der Waals surface area contributed by atoms with E-state index >= 15 is 0 Å². The lowest BCUT2D eigenvalue weighted by molar-refractivity contribution is -0.121. The van der Waals surface area contributed by atoms with Gasteiger partial charge >= 0.3 is 6.09 Å². The van der Waals surface area contributed by atoms with Crippen molar-refractivity contribution in [2.45, 2.75) is 31.7 Å². The highest BCUT2D eigenvalue weighted by molar-refractivity contribution is 6.30. The molecule has 0 bridgehead atoms. The molecule has 1 aromatic carbocycles. The molecular formula is C21H27ClN4O4. The first-order chi connectivity index (χ1) is 14.4. The Hall–Kier alpha value is -2.58. The average Bonchev–Trinajstić information content (AvgIpc) is 3.21. The molecule has 0 spiro atoms. The Kier molecular flexibility index (Phi) is 7.70. The predicted octanol–water partition coefficient (Wildman–Crippen LogP) is 3.02. The number of halogens is 1. The third-order valence-electron chi connectivity index (χ3n) is 5.57. The number of aromatic nitrogens is 1. The largest absolute Gasteiger partial charge is 0.465 e. The van der Waals surface area contributed by atoms with Gasteiger partial charge in [-0.05, 0) is 56.1 Å². The smallest absolute Gasteiger partial charge is 0.404 e. The van der Waals surface area contributed by atoms with Crippen molar-refractivity contribution < 1.29 is 19.2 Å². The van der Waals surface area contributed by atoms with Crippen molar-refractivity contribution in [3.8, 4) is 11.3 Å². The molecule has 0 saturated carbocycles. The number of carbonyl (C=O) groups is 2. The molecule has 2 heterocycles. The summed E-state index contributed by atoms with van der Waals surface area (Å²) in [5.41, 5.74) is 1.83. The molecule has 30 heavy (non-hydrogen) atoms. The van der Waals surface area contributed by atoms with E-state index in [1.165, 1.54) is 0 Å². The van der Waals surface area contributed by atoms with E-state index in [0.717, 1.165) is 55.9 Å². The molecule has 1 unspecified atom stereocenters. The van der Waals surface area contributed by atoms with Crippen LogP contribution in [0.25, 0.3) is 11.3 Å². The summed E-state index contributed by atoms with van der Waals surface area (Å²) in [5.74, 6) is 0.717. The second-order valence-electron chi connectivity index (χ2n) is 7.55. The zero-order valence-electron chi connectivity index (χ0n) is 16.9. The third kappa shape index (κ3) is 6.21. The third-order valence-corrected chi connectivity index (χ3v) is 5.82. The lowest BCUT2D eigenvalue weighted by atomic mass is 9.87. The molecule has 162 valence electrons. The SMILES string of the molecule is CNC(=O)CC(NC(=O)O)C1CCN(CCc2cc(-c3ccc(Cl)cc3)on2)CC1. The van der Waals surface area contributed by atoms with Gasteiger partial charge < -0.3 is 25.2 Å². The number of nitrogens with one attached hydrogen (secondary N) is 2. The fourth-order valence-corrected chi connectivity index (χ4v) is 3.95. The Bertz CT molecular complexity index is 847. The summed E-state index contributed by atoms with van der Waals surface area (Å²) in [5, 5.41) is 19.0. The zero-order valence-corrected chi connectivity index (χ0v) is 17.7. The summed E-state index contributed by atoms with van der Waals surface area (Å²) in [7, 11) is 1.56. The van der Waals surface area contributed by atoms with Crippen LogP contribution in [0.15, 0.2) is 34.9 Å². The van der Waals surface area contributed by atoms with Gasteiger partial charge in [0.1, 0.15) is 0 Å². The Labute approximate surface area is 180 Å². The highest BCUT2D eigenvalue weighted by Gasteiger charge is 2.29. The molecule has 0 radical (unpaired) electrons. The van der Waals surface area contributed by atoms with Gasteiger partial charge in [0.2, 0.25) is 5.91 Å². The Morgan fingerprint density at radius 1 is 1.30 bits per heavy atom. The summed E-state index contributed by atoms with van der Waals surface area (Å²) >= 11 is 5.92. The number of amides is 2.